The molecule has 0 aliphatic heterocycles. The van der Waals surface area contributed by atoms with Crippen molar-refractivity contribution in [2.45, 2.75) is 31.7 Å². The van der Waals surface area contributed by atoms with E-state index in [-0.39, 0.29) is 5.69 Å². The SMILES string of the molecule is CNc1nccc2ccc(N[C@H]3CC[C@H](CNc4ncc([N+](=O)[O-])cn4)CC3)nc12. The van der Waals surface area contributed by atoms with E-state index in [9.17, 15) is 10.1 Å². The molecule has 0 saturated heterocycles. The molecule has 3 aromatic rings. The Morgan fingerprint density at radius 2 is 1.87 bits per heavy atom. The van der Waals surface area contributed by atoms with E-state index in [0.717, 1.165) is 54.8 Å². The topological polar surface area (TPSA) is 131 Å². The molecular formula is C20H24N8O2. The summed E-state index contributed by atoms with van der Waals surface area (Å²) < 4.78 is 0. The minimum atomic E-state index is -0.501. The summed E-state index contributed by atoms with van der Waals surface area (Å²) in [4.78, 5) is 27.2. The molecule has 1 saturated carbocycles. The highest BCUT2D eigenvalue weighted by Gasteiger charge is 2.21. The second-order valence-electron chi connectivity index (χ2n) is 7.44. The Morgan fingerprint density at radius 1 is 1.10 bits per heavy atom. The van der Waals surface area contributed by atoms with Gasteiger partial charge in [0.25, 0.3) is 0 Å². The number of aromatic nitrogens is 4. The van der Waals surface area contributed by atoms with Crippen LogP contribution < -0.4 is 16.0 Å². The van der Waals surface area contributed by atoms with Crippen molar-refractivity contribution in [3.05, 3.63) is 46.9 Å². The molecule has 1 aliphatic carbocycles. The van der Waals surface area contributed by atoms with E-state index in [0.29, 0.717) is 17.9 Å². The van der Waals surface area contributed by atoms with Crippen LogP contribution in [0.15, 0.2) is 36.8 Å². The molecule has 0 unspecified atom stereocenters. The Labute approximate surface area is 173 Å². The molecule has 0 aromatic carbocycles. The fourth-order valence-electron chi connectivity index (χ4n) is 3.77. The fourth-order valence-corrected chi connectivity index (χ4v) is 3.77. The summed E-state index contributed by atoms with van der Waals surface area (Å²) in [6.45, 7) is 0.760. The molecule has 3 N–H and O–H groups in total. The molecule has 4 rings (SSSR count). The van der Waals surface area contributed by atoms with Gasteiger partial charge < -0.3 is 16.0 Å². The molecule has 0 radical (unpaired) electrons. The number of nitrogens with one attached hydrogen (secondary N) is 3. The van der Waals surface area contributed by atoms with E-state index < -0.39 is 4.92 Å². The third-order valence-corrected chi connectivity index (χ3v) is 5.44. The van der Waals surface area contributed by atoms with E-state index >= 15 is 0 Å². The van der Waals surface area contributed by atoms with Gasteiger partial charge in [-0.2, -0.15) is 0 Å². The lowest BCUT2D eigenvalue weighted by Gasteiger charge is -2.29. The summed E-state index contributed by atoms with van der Waals surface area (Å²) in [6, 6.07) is 6.42. The zero-order valence-electron chi connectivity index (χ0n) is 16.7. The van der Waals surface area contributed by atoms with Gasteiger partial charge >= 0.3 is 5.69 Å². The first kappa shape index (κ1) is 19.7. The molecule has 0 spiro atoms. The second kappa shape index (κ2) is 8.85. The van der Waals surface area contributed by atoms with Gasteiger partial charge in [-0.15, -0.1) is 0 Å². The van der Waals surface area contributed by atoms with Crippen molar-refractivity contribution in [2.75, 3.05) is 29.5 Å². The van der Waals surface area contributed by atoms with Crippen molar-refractivity contribution in [1.82, 2.24) is 19.9 Å². The maximum absolute atomic E-state index is 10.7. The Morgan fingerprint density at radius 3 is 2.57 bits per heavy atom. The van der Waals surface area contributed by atoms with Crippen molar-refractivity contribution >= 4 is 34.2 Å². The lowest BCUT2D eigenvalue weighted by molar-refractivity contribution is -0.385. The van der Waals surface area contributed by atoms with Crippen LogP contribution in [-0.2, 0) is 0 Å². The minimum absolute atomic E-state index is 0.105. The van der Waals surface area contributed by atoms with Crippen LogP contribution in [0.3, 0.4) is 0 Å². The van der Waals surface area contributed by atoms with Crippen molar-refractivity contribution in [2.24, 2.45) is 5.92 Å². The first-order chi connectivity index (χ1) is 14.6. The zero-order chi connectivity index (χ0) is 20.9. The molecule has 3 aromatic heterocycles. The number of hydrogen-bond acceptors (Lipinski definition) is 9. The van der Waals surface area contributed by atoms with Crippen LogP contribution in [0.25, 0.3) is 10.9 Å². The molecule has 0 atom stereocenters. The summed E-state index contributed by atoms with van der Waals surface area (Å²) in [5.74, 6) is 2.59. The maximum Gasteiger partial charge on any atom is 0.305 e. The smallest absolute Gasteiger partial charge is 0.305 e. The fraction of sp³-hybridized carbons (Fsp3) is 0.400. The Kier molecular flexibility index (Phi) is 5.82. The largest absolute Gasteiger partial charge is 0.371 e. The van der Waals surface area contributed by atoms with Gasteiger partial charge in [-0.3, -0.25) is 10.1 Å². The summed E-state index contributed by atoms with van der Waals surface area (Å²) in [7, 11) is 1.85. The first-order valence-corrected chi connectivity index (χ1v) is 10.0. The van der Waals surface area contributed by atoms with Crippen LogP contribution in [0.4, 0.5) is 23.3 Å². The van der Waals surface area contributed by atoms with Gasteiger partial charge in [-0.05, 0) is 49.8 Å². The predicted molar refractivity (Wildman–Crippen MR) is 116 cm³/mol. The van der Waals surface area contributed by atoms with E-state index in [1.165, 1.54) is 12.4 Å². The normalized spacial score (nSPS) is 18.7. The Balaban J connectivity index is 1.28. The summed E-state index contributed by atoms with van der Waals surface area (Å²) in [6.07, 6.45) is 8.49. The number of fused-ring (bicyclic) bond motifs is 1. The van der Waals surface area contributed by atoms with Gasteiger partial charge in [0.15, 0.2) is 5.82 Å². The van der Waals surface area contributed by atoms with E-state index in [1.807, 2.05) is 19.2 Å². The quantitative estimate of drug-likeness (QED) is 0.397. The molecule has 1 fully saturated rings. The van der Waals surface area contributed by atoms with E-state index in [1.54, 1.807) is 6.20 Å². The van der Waals surface area contributed by atoms with Crippen LogP contribution in [0, 0.1) is 16.0 Å². The van der Waals surface area contributed by atoms with Crippen molar-refractivity contribution in [3.63, 3.8) is 0 Å². The molecule has 0 bridgehead atoms. The van der Waals surface area contributed by atoms with E-state index in [4.69, 9.17) is 4.98 Å². The third-order valence-electron chi connectivity index (χ3n) is 5.44. The van der Waals surface area contributed by atoms with Crippen LogP contribution in [0.1, 0.15) is 25.7 Å². The average molecular weight is 408 g/mol. The number of nitro groups is 1. The third kappa shape index (κ3) is 4.53. The van der Waals surface area contributed by atoms with Crippen molar-refractivity contribution in [1.29, 1.82) is 0 Å². The van der Waals surface area contributed by atoms with Gasteiger partial charge in [-0.25, -0.2) is 19.9 Å². The van der Waals surface area contributed by atoms with Gasteiger partial charge in [0.2, 0.25) is 5.95 Å². The van der Waals surface area contributed by atoms with Crippen molar-refractivity contribution < 1.29 is 4.92 Å². The molecule has 10 heteroatoms. The highest BCUT2D eigenvalue weighted by atomic mass is 16.6. The zero-order valence-corrected chi connectivity index (χ0v) is 16.7. The highest BCUT2D eigenvalue weighted by Crippen LogP contribution is 2.27. The number of rotatable bonds is 7. The summed E-state index contributed by atoms with van der Waals surface area (Å²) >= 11 is 0. The van der Waals surface area contributed by atoms with Crippen LogP contribution in [0.5, 0.6) is 0 Å². The highest BCUT2D eigenvalue weighted by molar-refractivity contribution is 5.89. The van der Waals surface area contributed by atoms with Crippen LogP contribution in [0.2, 0.25) is 0 Å². The Bertz CT molecular complexity index is 1020. The van der Waals surface area contributed by atoms with E-state index in [2.05, 4.69) is 37.0 Å². The van der Waals surface area contributed by atoms with Crippen LogP contribution in [-0.4, -0.2) is 44.5 Å². The first-order valence-electron chi connectivity index (χ1n) is 10.0. The standard InChI is InChI=1S/C20H24N8O2/c1-21-19-18-14(8-9-22-19)4-7-17(27-18)26-15-5-2-13(3-6-15)10-23-20-24-11-16(12-25-20)28(29)30/h4,7-9,11-13,15H,2-3,5-6,10H2,1H3,(H,21,22)(H,26,27)(H,23,24,25)/t13-,15-. The maximum atomic E-state index is 10.7. The average Bonchev–Trinajstić information content (AvgIpc) is 2.78. The minimum Gasteiger partial charge on any atom is -0.371 e. The summed E-state index contributed by atoms with van der Waals surface area (Å²) in [5, 5.41) is 21.6. The van der Waals surface area contributed by atoms with Gasteiger partial charge in [-0.1, -0.05) is 0 Å². The number of hydrogen-bond donors (Lipinski definition) is 3. The molecular weight excluding hydrogens is 384 g/mol. The molecule has 30 heavy (non-hydrogen) atoms. The van der Waals surface area contributed by atoms with Gasteiger partial charge in [0.05, 0.1) is 4.92 Å². The van der Waals surface area contributed by atoms with Crippen molar-refractivity contribution in [3.8, 4) is 0 Å². The molecule has 0 amide bonds. The monoisotopic (exact) mass is 408 g/mol. The lowest BCUT2D eigenvalue weighted by Crippen LogP contribution is -2.29. The molecule has 1 aliphatic rings. The second-order valence-corrected chi connectivity index (χ2v) is 7.44. The number of pyridine rings is 2. The summed E-state index contributed by atoms with van der Waals surface area (Å²) in [5.41, 5.74) is 0.762. The molecule has 10 nitrogen and oxygen atoms in total. The van der Waals surface area contributed by atoms with Gasteiger partial charge in [0, 0.05) is 31.2 Å². The predicted octanol–water partition coefficient (Wildman–Crippen LogP) is 3.45. The number of anilines is 3. The molecule has 3 heterocycles. The van der Waals surface area contributed by atoms with Gasteiger partial charge in [0.1, 0.15) is 23.7 Å². The Hall–Kier alpha value is -3.56. The lowest BCUT2D eigenvalue weighted by atomic mass is 9.86. The number of nitrogens with zero attached hydrogens (tertiary/aromatic N) is 5. The van der Waals surface area contributed by atoms with Crippen LogP contribution >= 0.6 is 0 Å². The molecule has 156 valence electrons.